The van der Waals surface area contributed by atoms with Gasteiger partial charge in [0.15, 0.2) is 0 Å². The fraction of sp³-hybridized carbons (Fsp3) is 0.474. The second-order valence-corrected chi connectivity index (χ2v) is 6.48. The third-order valence-corrected chi connectivity index (χ3v) is 5.05. The van der Waals surface area contributed by atoms with Crippen LogP contribution in [0, 0.1) is 18.8 Å². The minimum absolute atomic E-state index is 0.0326. The maximum absolute atomic E-state index is 12.6. The molecular formula is C19H24N2O3. The molecule has 1 aliphatic rings. The SMILES string of the molecule is CNC(=O)[C@H]1CCCC[C@H]1C(=O)NCc1oc2ccccc2c1C. The molecule has 24 heavy (non-hydrogen) atoms. The Hall–Kier alpha value is -2.30. The van der Waals surface area contributed by atoms with Gasteiger partial charge in [0.25, 0.3) is 0 Å². The van der Waals surface area contributed by atoms with E-state index in [1.165, 1.54) is 0 Å². The lowest BCUT2D eigenvalue weighted by Crippen LogP contribution is -2.42. The van der Waals surface area contributed by atoms with Gasteiger partial charge in [-0.1, -0.05) is 31.0 Å². The fourth-order valence-electron chi connectivity index (χ4n) is 3.64. The molecule has 2 aromatic rings. The number of furan rings is 1. The minimum atomic E-state index is -0.247. The van der Waals surface area contributed by atoms with Crippen LogP contribution in [0.1, 0.15) is 37.0 Å². The van der Waals surface area contributed by atoms with Crippen LogP contribution in [0.4, 0.5) is 0 Å². The molecule has 5 nitrogen and oxygen atoms in total. The quantitative estimate of drug-likeness (QED) is 0.906. The topological polar surface area (TPSA) is 71.3 Å². The van der Waals surface area contributed by atoms with E-state index in [1.807, 2.05) is 31.2 Å². The normalized spacial score (nSPS) is 20.8. The Labute approximate surface area is 141 Å². The smallest absolute Gasteiger partial charge is 0.224 e. The number of fused-ring (bicyclic) bond motifs is 1. The van der Waals surface area contributed by atoms with Crippen LogP contribution in [0.15, 0.2) is 28.7 Å². The van der Waals surface area contributed by atoms with Gasteiger partial charge in [-0.25, -0.2) is 0 Å². The Kier molecular flexibility index (Phi) is 4.88. The van der Waals surface area contributed by atoms with Crippen LogP contribution in [0.5, 0.6) is 0 Å². The standard InChI is InChI=1S/C19H24N2O3/c1-12-13-7-5-6-10-16(13)24-17(12)11-21-19(23)15-9-4-3-8-14(15)18(22)20-2/h5-7,10,14-15H,3-4,8-9,11H2,1-2H3,(H,20,22)(H,21,23)/t14-,15+/m0/s1. The number of nitrogens with one attached hydrogen (secondary N) is 2. The Morgan fingerprint density at radius 2 is 1.79 bits per heavy atom. The summed E-state index contributed by atoms with van der Waals surface area (Å²) in [4.78, 5) is 24.6. The molecule has 1 aromatic carbocycles. The molecule has 0 saturated heterocycles. The Morgan fingerprint density at radius 1 is 1.12 bits per heavy atom. The summed E-state index contributed by atoms with van der Waals surface area (Å²) < 4.78 is 5.84. The Bertz CT molecular complexity index is 750. The zero-order valence-electron chi connectivity index (χ0n) is 14.2. The number of carbonyl (C=O) groups excluding carboxylic acids is 2. The molecule has 2 atom stereocenters. The van der Waals surface area contributed by atoms with E-state index < -0.39 is 0 Å². The van der Waals surface area contributed by atoms with Crippen molar-refractivity contribution in [2.24, 2.45) is 11.8 Å². The number of hydrogen-bond acceptors (Lipinski definition) is 3. The van der Waals surface area contributed by atoms with Gasteiger partial charge in [-0.05, 0) is 25.8 Å². The zero-order chi connectivity index (χ0) is 17.1. The maximum Gasteiger partial charge on any atom is 0.224 e. The van der Waals surface area contributed by atoms with Crippen molar-refractivity contribution >= 4 is 22.8 Å². The number of rotatable bonds is 4. The lowest BCUT2D eigenvalue weighted by Gasteiger charge is -2.29. The summed E-state index contributed by atoms with van der Waals surface area (Å²) in [6.07, 6.45) is 3.55. The highest BCUT2D eigenvalue weighted by Gasteiger charge is 2.35. The molecule has 0 aliphatic heterocycles. The van der Waals surface area contributed by atoms with Crippen molar-refractivity contribution in [1.82, 2.24) is 10.6 Å². The monoisotopic (exact) mass is 328 g/mol. The Balaban J connectivity index is 1.69. The average Bonchev–Trinajstić information content (AvgIpc) is 2.95. The van der Waals surface area contributed by atoms with Gasteiger partial charge in [-0.3, -0.25) is 9.59 Å². The number of hydrogen-bond donors (Lipinski definition) is 2. The summed E-state index contributed by atoms with van der Waals surface area (Å²) in [5, 5.41) is 6.72. The number of benzene rings is 1. The molecule has 0 unspecified atom stereocenters. The van der Waals surface area contributed by atoms with Crippen LogP contribution >= 0.6 is 0 Å². The summed E-state index contributed by atoms with van der Waals surface area (Å²) in [7, 11) is 1.63. The van der Waals surface area contributed by atoms with Gasteiger partial charge in [-0.2, -0.15) is 0 Å². The lowest BCUT2D eigenvalue weighted by atomic mass is 9.78. The van der Waals surface area contributed by atoms with E-state index >= 15 is 0 Å². The molecule has 5 heteroatoms. The summed E-state index contributed by atoms with van der Waals surface area (Å²) >= 11 is 0. The third-order valence-electron chi connectivity index (χ3n) is 5.05. The third kappa shape index (κ3) is 3.16. The number of aryl methyl sites for hydroxylation is 1. The van der Waals surface area contributed by atoms with Crippen LogP contribution in [0.25, 0.3) is 11.0 Å². The van der Waals surface area contributed by atoms with E-state index in [9.17, 15) is 9.59 Å². The first kappa shape index (κ1) is 16.6. The average molecular weight is 328 g/mol. The molecule has 1 aromatic heterocycles. The van der Waals surface area contributed by atoms with Gasteiger partial charge in [-0.15, -0.1) is 0 Å². The number of para-hydroxylation sites is 1. The van der Waals surface area contributed by atoms with Crippen molar-refractivity contribution in [3.63, 3.8) is 0 Å². The van der Waals surface area contributed by atoms with Crippen LogP contribution in [0.2, 0.25) is 0 Å². The lowest BCUT2D eigenvalue weighted by molar-refractivity contribution is -0.136. The van der Waals surface area contributed by atoms with Crippen molar-refractivity contribution in [3.8, 4) is 0 Å². The molecule has 0 bridgehead atoms. The summed E-state index contributed by atoms with van der Waals surface area (Å²) in [6.45, 7) is 2.36. The number of amides is 2. The Morgan fingerprint density at radius 3 is 2.46 bits per heavy atom. The van der Waals surface area contributed by atoms with Crippen LogP contribution in [0.3, 0.4) is 0 Å². The van der Waals surface area contributed by atoms with Gasteiger partial charge in [0.1, 0.15) is 11.3 Å². The van der Waals surface area contributed by atoms with E-state index in [0.717, 1.165) is 48.0 Å². The molecular weight excluding hydrogens is 304 g/mol. The maximum atomic E-state index is 12.6. The van der Waals surface area contributed by atoms with E-state index in [4.69, 9.17) is 4.42 Å². The molecule has 0 radical (unpaired) electrons. The predicted octanol–water partition coefficient (Wildman–Crippen LogP) is 2.91. The van der Waals surface area contributed by atoms with Crippen molar-refractivity contribution in [2.75, 3.05) is 7.05 Å². The first-order chi connectivity index (χ1) is 11.6. The predicted molar refractivity (Wildman–Crippen MR) is 92.3 cm³/mol. The molecule has 128 valence electrons. The van der Waals surface area contributed by atoms with Crippen molar-refractivity contribution in [2.45, 2.75) is 39.2 Å². The second kappa shape index (κ2) is 7.07. The number of carbonyl (C=O) groups is 2. The van der Waals surface area contributed by atoms with Crippen molar-refractivity contribution in [3.05, 3.63) is 35.6 Å². The van der Waals surface area contributed by atoms with Gasteiger partial charge >= 0.3 is 0 Å². The van der Waals surface area contributed by atoms with Gasteiger partial charge in [0, 0.05) is 29.8 Å². The molecule has 1 fully saturated rings. The van der Waals surface area contributed by atoms with Crippen molar-refractivity contribution in [1.29, 1.82) is 0 Å². The molecule has 1 saturated carbocycles. The van der Waals surface area contributed by atoms with Gasteiger partial charge in [0.2, 0.25) is 11.8 Å². The minimum Gasteiger partial charge on any atom is -0.459 e. The molecule has 1 heterocycles. The first-order valence-corrected chi connectivity index (χ1v) is 8.58. The highest BCUT2D eigenvalue weighted by Crippen LogP contribution is 2.31. The van der Waals surface area contributed by atoms with E-state index in [2.05, 4.69) is 10.6 Å². The van der Waals surface area contributed by atoms with E-state index in [-0.39, 0.29) is 23.7 Å². The van der Waals surface area contributed by atoms with Crippen LogP contribution < -0.4 is 10.6 Å². The van der Waals surface area contributed by atoms with Crippen molar-refractivity contribution < 1.29 is 14.0 Å². The molecule has 2 N–H and O–H groups in total. The highest BCUT2D eigenvalue weighted by atomic mass is 16.3. The van der Waals surface area contributed by atoms with Crippen LogP contribution in [-0.4, -0.2) is 18.9 Å². The largest absolute Gasteiger partial charge is 0.459 e. The molecule has 2 amide bonds. The van der Waals surface area contributed by atoms with E-state index in [0.29, 0.717) is 6.54 Å². The molecule has 0 spiro atoms. The van der Waals surface area contributed by atoms with Gasteiger partial charge in [0.05, 0.1) is 6.54 Å². The van der Waals surface area contributed by atoms with Gasteiger partial charge < -0.3 is 15.1 Å². The summed E-state index contributed by atoms with van der Waals surface area (Å²) in [5.74, 6) is 0.221. The first-order valence-electron chi connectivity index (χ1n) is 8.58. The summed E-state index contributed by atoms with van der Waals surface area (Å²) in [5.41, 5.74) is 1.89. The molecule has 3 rings (SSSR count). The second-order valence-electron chi connectivity index (χ2n) is 6.48. The summed E-state index contributed by atoms with van der Waals surface area (Å²) in [6, 6.07) is 7.85. The fourth-order valence-corrected chi connectivity index (χ4v) is 3.64. The zero-order valence-corrected chi connectivity index (χ0v) is 14.2. The van der Waals surface area contributed by atoms with E-state index in [1.54, 1.807) is 7.05 Å². The highest BCUT2D eigenvalue weighted by molar-refractivity contribution is 5.88. The van der Waals surface area contributed by atoms with Crippen LogP contribution in [-0.2, 0) is 16.1 Å². The molecule has 1 aliphatic carbocycles.